The van der Waals surface area contributed by atoms with Crippen molar-refractivity contribution in [3.63, 3.8) is 0 Å². The third-order valence-corrected chi connectivity index (χ3v) is 3.05. The maximum atomic E-state index is 12.3. The molecule has 0 bridgehead atoms. The summed E-state index contributed by atoms with van der Waals surface area (Å²) in [5.74, 6) is 0. The quantitative estimate of drug-likeness (QED) is 0.396. The minimum absolute atomic E-state index is 0.0749. The highest BCUT2D eigenvalue weighted by atomic mass is 127. The zero-order valence-corrected chi connectivity index (χ0v) is 12.3. The molecule has 0 aliphatic carbocycles. The van der Waals surface area contributed by atoms with Crippen LogP contribution >= 0.6 is 34.5 Å². The lowest BCUT2D eigenvalue weighted by Gasteiger charge is -2.12. The van der Waals surface area contributed by atoms with Gasteiger partial charge in [-0.2, -0.15) is 0 Å². The largest absolute Gasteiger partial charge is 0.320 e. The van der Waals surface area contributed by atoms with Gasteiger partial charge in [0.2, 0.25) is 7.09 Å². The zero-order chi connectivity index (χ0) is 13.2. The molecule has 0 unspecified atom stereocenters. The summed E-state index contributed by atoms with van der Waals surface area (Å²) in [6.07, 6.45) is 3.05. The van der Waals surface area contributed by atoms with Crippen LogP contribution < -0.4 is 0 Å². The molecule has 0 aromatic heterocycles. The van der Waals surface area contributed by atoms with Crippen LogP contribution in [-0.2, 0) is 17.0 Å². The Morgan fingerprint density at radius 2 is 2.41 bits per heavy atom. The Morgan fingerprint density at radius 1 is 1.59 bits per heavy atom. The molecule has 1 atom stereocenters. The average molecular weight is 365 g/mol. The Hall–Kier alpha value is -0.00506. The van der Waals surface area contributed by atoms with Crippen molar-refractivity contribution in [3.05, 3.63) is 45.6 Å². The molecule has 91 valence electrons. The Labute approximate surface area is 122 Å². The fourth-order valence-electron chi connectivity index (χ4n) is 1.54. The molecule has 0 N–H and O–H groups in total. The summed E-state index contributed by atoms with van der Waals surface area (Å²) in [4.78, 5) is 0. The lowest BCUT2D eigenvalue weighted by atomic mass is 10.0. The molecule has 0 spiro atoms. The predicted molar refractivity (Wildman–Crippen MR) is 82.6 cm³/mol. The van der Waals surface area contributed by atoms with Crippen molar-refractivity contribution in [3.8, 4) is 0 Å². The van der Waals surface area contributed by atoms with E-state index in [1.165, 1.54) is 0 Å². The molecular weight excluding hydrogens is 349 g/mol. The molecule has 0 amide bonds. The van der Waals surface area contributed by atoms with Crippen molar-refractivity contribution in [2.45, 2.75) is 18.9 Å². The van der Waals surface area contributed by atoms with Crippen LogP contribution in [0, 0.1) is 0 Å². The lowest BCUT2D eigenvalue weighted by Crippen LogP contribution is -2.09. The molecule has 17 heavy (non-hydrogen) atoms. The summed E-state index contributed by atoms with van der Waals surface area (Å²) < 4.78 is 26.6. The Kier molecular flexibility index (Phi) is 7.11. The van der Waals surface area contributed by atoms with Crippen LogP contribution in [-0.4, -0.2) is 21.2 Å². The van der Waals surface area contributed by atoms with Gasteiger partial charge in [-0.25, -0.2) is 0 Å². The molecule has 0 fully saturated rings. The second-order valence-electron chi connectivity index (χ2n) is 3.51. The summed E-state index contributed by atoms with van der Waals surface area (Å²) in [6.45, 7) is -0.333. The third-order valence-electron chi connectivity index (χ3n) is 2.28. The average Bonchev–Trinajstić information content (AvgIpc) is 2.37. The van der Waals surface area contributed by atoms with Gasteiger partial charge in [-0.3, -0.25) is 4.39 Å². The molecule has 0 aliphatic rings. The fourth-order valence-corrected chi connectivity index (χ4v) is 2.28. The van der Waals surface area contributed by atoms with Crippen molar-refractivity contribution in [2.75, 3.05) is 6.67 Å². The molecule has 1 radical (unpaired) electrons. The number of halogens is 2. The number of hydrogen-bond acceptors (Lipinski definition) is 2. The molecule has 0 saturated carbocycles. The van der Waals surface area contributed by atoms with E-state index < -0.39 is 0 Å². The van der Waals surface area contributed by atoms with Gasteiger partial charge >= 0.3 is 0 Å². The van der Waals surface area contributed by atoms with Crippen LogP contribution in [0.2, 0.25) is 0 Å². The molecule has 0 saturated heterocycles. The normalized spacial score (nSPS) is 13.6. The highest BCUT2D eigenvalue weighted by molar-refractivity contribution is 14.1. The van der Waals surface area contributed by atoms with E-state index >= 15 is 0 Å². The van der Waals surface area contributed by atoms with Crippen LogP contribution in [0.25, 0.3) is 0 Å². The van der Waals surface area contributed by atoms with Crippen molar-refractivity contribution in [2.24, 2.45) is 0 Å². The van der Waals surface area contributed by atoms with E-state index in [0.717, 1.165) is 36.5 Å². The van der Waals surface area contributed by atoms with Crippen molar-refractivity contribution in [1.29, 1.82) is 1.34 Å². The van der Waals surface area contributed by atoms with Gasteiger partial charge in [-0.15, -0.1) is 0 Å². The van der Waals surface area contributed by atoms with Crippen LogP contribution in [0.5, 0.6) is 0 Å². The molecular formula is C12H14BFIOS. The van der Waals surface area contributed by atoms with Gasteiger partial charge in [0.1, 0.15) is 0 Å². The Morgan fingerprint density at radius 3 is 3.12 bits per heavy atom. The van der Waals surface area contributed by atoms with Gasteiger partial charge in [0.05, 0.1) is 12.8 Å². The number of rotatable bonds is 8. The van der Waals surface area contributed by atoms with E-state index in [9.17, 15) is 4.39 Å². The van der Waals surface area contributed by atoms with E-state index in [0.29, 0.717) is 6.42 Å². The summed E-state index contributed by atoms with van der Waals surface area (Å²) in [6, 6.07) is 7.88. The molecule has 1 aromatic carbocycles. The van der Waals surface area contributed by atoms with E-state index in [4.69, 9.17) is 5.52 Å². The third kappa shape index (κ3) is 5.92. The topological polar surface area (TPSA) is 9.23 Å². The molecule has 5 heteroatoms. The molecule has 1 aromatic rings. The first-order valence-corrected chi connectivity index (χ1v) is 7.28. The van der Waals surface area contributed by atoms with Gasteiger partial charge in [0.25, 0.3) is 0 Å². The van der Waals surface area contributed by atoms with Crippen molar-refractivity contribution < 1.29 is 8.57 Å². The first-order chi connectivity index (χ1) is 8.80. The second kappa shape index (κ2) is 9.00. The van der Waals surface area contributed by atoms with E-state index in [1.807, 2.05) is 34.4 Å². The van der Waals surface area contributed by atoms with Crippen molar-refractivity contribution in [1.82, 2.24) is 0 Å². The van der Waals surface area contributed by atoms with Gasteiger partial charge in [-0.05, 0) is 22.6 Å². The van der Waals surface area contributed by atoms with Gasteiger partial charge in [0.15, 0.2) is 0 Å². The second-order valence-corrected chi connectivity index (χ2v) is 4.62. The summed E-state index contributed by atoms with van der Waals surface area (Å²) in [5, 5.41) is 0. The maximum absolute atomic E-state index is 12.3. The monoisotopic (exact) mass is 365 g/mol. The summed E-state index contributed by atoms with van der Waals surface area (Å²) in [5.41, 5.74) is 2.12. The maximum Gasteiger partial charge on any atom is 0.209 e. The highest BCUT2D eigenvalue weighted by Crippen LogP contribution is 2.14. The van der Waals surface area contributed by atoms with Gasteiger partial charge in [0, 0.05) is 12.8 Å². The summed E-state index contributed by atoms with van der Waals surface area (Å²) >= 11 is 3.16. The molecule has 1 rings (SSSR count). The Bertz CT molecular complexity index is 381. The predicted octanol–water partition coefficient (Wildman–Crippen LogP) is 3.54. The number of benzene rings is 1. The molecule has 0 aliphatic heterocycles. The minimum atomic E-state index is -0.333. The van der Waals surface area contributed by atoms with E-state index in [-0.39, 0.29) is 12.8 Å². The van der Waals surface area contributed by atoms with E-state index in [2.05, 4.69) is 22.6 Å². The first-order valence-electron chi connectivity index (χ1n) is 5.80. The standard InChI is InChI=1S/C12H14BFIOS/c13-17-16-12(5-7-15)9-11-3-1-2-10(8-11)4-6-14/h1-3,5,7-8,12-13H,4,6,9H2/b7-5+/t12-/m1/s1/i13T. The lowest BCUT2D eigenvalue weighted by molar-refractivity contribution is 0.301. The van der Waals surface area contributed by atoms with Crippen LogP contribution in [0.3, 0.4) is 0 Å². The van der Waals surface area contributed by atoms with Gasteiger partial charge < -0.3 is 4.18 Å². The number of hydrogen-bond donors (Lipinski definition) is 0. The van der Waals surface area contributed by atoms with Crippen molar-refractivity contribution >= 4 is 41.6 Å². The Balaban J connectivity index is 2.64. The number of alkyl halides is 1. The highest BCUT2D eigenvalue weighted by Gasteiger charge is 2.06. The zero-order valence-electron chi connectivity index (χ0n) is 10.3. The molecule has 0 heterocycles. The van der Waals surface area contributed by atoms with E-state index in [1.54, 1.807) is 0 Å². The number of aryl methyl sites for hydroxylation is 1. The SMILES string of the molecule is [3H][B]SO[C@H](/C=C/I)Cc1cccc(CCF)c1. The first kappa shape index (κ1) is 13.4. The van der Waals surface area contributed by atoms with Crippen LogP contribution in [0.4, 0.5) is 4.39 Å². The smallest absolute Gasteiger partial charge is 0.209 e. The molecule has 1 nitrogen and oxygen atoms in total. The fraction of sp³-hybridized carbons (Fsp3) is 0.333. The van der Waals surface area contributed by atoms with Gasteiger partial charge in [-0.1, -0.05) is 58.8 Å². The van der Waals surface area contributed by atoms with Crippen LogP contribution in [0.1, 0.15) is 11.1 Å². The van der Waals surface area contributed by atoms with Crippen LogP contribution in [0.15, 0.2) is 34.4 Å². The minimum Gasteiger partial charge on any atom is -0.320 e. The summed E-state index contributed by atoms with van der Waals surface area (Å²) in [7, 11) is 1.16.